The molecule has 7 heteroatoms. The van der Waals surface area contributed by atoms with Crippen LogP contribution in [0.2, 0.25) is 10.0 Å². The number of rotatable bonds is 5. The maximum absolute atomic E-state index is 11.7. The highest BCUT2D eigenvalue weighted by Crippen LogP contribution is 2.32. The zero-order chi connectivity index (χ0) is 15.2. The van der Waals surface area contributed by atoms with E-state index in [1.54, 1.807) is 18.2 Å². The number of ether oxygens (including phenoxy) is 3. The first-order valence-corrected chi connectivity index (χ1v) is 7.35. The van der Waals surface area contributed by atoms with Gasteiger partial charge in [-0.25, -0.2) is 0 Å². The van der Waals surface area contributed by atoms with Gasteiger partial charge in [-0.15, -0.1) is 0 Å². The van der Waals surface area contributed by atoms with Crippen molar-refractivity contribution >= 4 is 29.2 Å². The predicted molar refractivity (Wildman–Crippen MR) is 80.2 cm³/mol. The quantitative estimate of drug-likeness (QED) is 0.773. The number of carbonyl (C=O) groups is 1. The summed E-state index contributed by atoms with van der Waals surface area (Å²) in [7, 11) is 1.37. The highest BCUT2D eigenvalue weighted by Gasteiger charge is 2.30. The van der Waals surface area contributed by atoms with Crippen LogP contribution in [-0.4, -0.2) is 56.9 Å². The van der Waals surface area contributed by atoms with Crippen LogP contribution in [0.15, 0.2) is 18.2 Å². The summed E-state index contributed by atoms with van der Waals surface area (Å²) < 4.78 is 15.7. The summed E-state index contributed by atoms with van der Waals surface area (Å²) in [6.07, 6.45) is 0. The van der Waals surface area contributed by atoms with Gasteiger partial charge in [0.05, 0.1) is 30.4 Å². The van der Waals surface area contributed by atoms with Gasteiger partial charge in [0.1, 0.15) is 12.6 Å². The van der Waals surface area contributed by atoms with Crippen molar-refractivity contribution < 1.29 is 19.0 Å². The molecule has 0 saturated carbocycles. The number of nitrogens with zero attached hydrogens (tertiary/aromatic N) is 1. The lowest BCUT2D eigenvalue weighted by Gasteiger charge is -2.33. The standard InChI is InChI=1S/C14H17Cl2NO4/c1-19-14(18)12-9-20-7-5-17(12)6-8-21-13-10(15)3-2-4-11(13)16/h2-4,12H,5-9H2,1H3. The summed E-state index contributed by atoms with van der Waals surface area (Å²) in [5.74, 6) is 0.161. The Morgan fingerprint density at radius 3 is 2.81 bits per heavy atom. The Morgan fingerprint density at radius 1 is 1.43 bits per heavy atom. The number of halogens is 2. The topological polar surface area (TPSA) is 48.0 Å². The smallest absolute Gasteiger partial charge is 0.325 e. The zero-order valence-corrected chi connectivity index (χ0v) is 13.2. The molecule has 0 amide bonds. The van der Waals surface area contributed by atoms with Crippen molar-refractivity contribution in [3.05, 3.63) is 28.2 Å². The molecule has 0 spiro atoms. The van der Waals surface area contributed by atoms with Crippen LogP contribution in [0.5, 0.6) is 5.75 Å². The van der Waals surface area contributed by atoms with E-state index in [1.807, 2.05) is 4.90 Å². The third kappa shape index (κ3) is 4.23. The lowest BCUT2D eigenvalue weighted by atomic mass is 10.2. The number of esters is 1. The highest BCUT2D eigenvalue weighted by molar-refractivity contribution is 6.37. The molecule has 1 aromatic rings. The Morgan fingerprint density at radius 2 is 2.14 bits per heavy atom. The van der Waals surface area contributed by atoms with Gasteiger partial charge < -0.3 is 14.2 Å². The van der Waals surface area contributed by atoms with E-state index >= 15 is 0 Å². The molecule has 21 heavy (non-hydrogen) atoms. The Hall–Kier alpha value is -1.01. The molecule has 0 aliphatic carbocycles. The van der Waals surface area contributed by atoms with Crippen molar-refractivity contribution in [1.29, 1.82) is 0 Å². The van der Waals surface area contributed by atoms with Gasteiger partial charge in [0.15, 0.2) is 5.75 Å². The van der Waals surface area contributed by atoms with Crippen molar-refractivity contribution in [2.45, 2.75) is 6.04 Å². The number of carbonyl (C=O) groups excluding carboxylic acids is 1. The van der Waals surface area contributed by atoms with Gasteiger partial charge in [-0.05, 0) is 12.1 Å². The van der Waals surface area contributed by atoms with E-state index in [-0.39, 0.29) is 5.97 Å². The fraction of sp³-hybridized carbons (Fsp3) is 0.500. The Balaban J connectivity index is 1.91. The molecule has 1 aliphatic heterocycles. The number of hydrogen-bond acceptors (Lipinski definition) is 5. The van der Waals surface area contributed by atoms with E-state index < -0.39 is 6.04 Å². The van der Waals surface area contributed by atoms with E-state index in [4.69, 9.17) is 37.4 Å². The Kier molecular flexibility index (Phi) is 6.11. The van der Waals surface area contributed by atoms with Crippen molar-refractivity contribution in [2.75, 3.05) is 40.0 Å². The molecule has 1 fully saturated rings. The number of morpholine rings is 1. The predicted octanol–water partition coefficient (Wildman–Crippen LogP) is 2.25. The van der Waals surface area contributed by atoms with Crippen LogP contribution >= 0.6 is 23.2 Å². The van der Waals surface area contributed by atoms with Gasteiger partial charge >= 0.3 is 5.97 Å². The number of methoxy groups -OCH3 is 1. The monoisotopic (exact) mass is 333 g/mol. The molecule has 0 bridgehead atoms. The van der Waals surface area contributed by atoms with Crippen molar-refractivity contribution in [2.24, 2.45) is 0 Å². The second-order valence-corrected chi connectivity index (χ2v) is 5.36. The molecule has 2 rings (SSSR count). The summed E-state index contributed by atoms with van der Waals surface area (Å²) in [6.45, 7) is 2.50. The molecule has 1 aromatic carbocycles. The second kappa shape index (κ2) is 7.84. The van der Waals surface area contributed by atoms with Crippen LogP contribution in [0, 0.1) is 0 Å². The molecule has 1 unspecified atom stereocenters. The van der Waals surface area contributed by atoms with Crippen LogP contribution in [-0.2, 0) is 14.3 Å². The van der Waals surface area contributed by atoms with Crippen LogP contribution in [0.25, 0.3) is 0 Å². The van der Waals surface area contributed by atoms with Crippen LogP contribution < -0.4 is 4.74 Å². The van der Waals surface area contributed by atoms with Gasteiger partial charge in [-0.1, -0.05) is 29.3 Å². The Bertz CT molecular complexity index is 478. The first kappa shape index (κ1) is 16.4. The van der Waals surface area contributed by atoms with E-state index in [1.165, 1.54) is 7.11 Å². The van der Waals surface area contributed by atoms with Gasteiger partial charge in [0.25, 0.3) is 0 Å². The first-order valence-electron chi connectivity index (χ1n) is 6.60. The van der Waals surface area contributed by atoms with Crippen molar-refractivity contribution in [3.8, 4) is 5.75 Å². The minimum absolute atomic E-state index is 0.300. The Labute approximate surface area is 133 Å². The third-order valence-corrected chi connectivity index (χ3v) is 3.85. The lowest BCUT2D eigenvalue weighted by Crippen LogP contribution is -2.51. The molecule has 1 heterocycles. The second-order valence-electron chi connectivity index (χ2n) is 4.55. The number of para-hydroxylation sites is 1. The summed E-state index contributed by atoms with van der Waals surface area (Å²) in [5.41, 5.74) is 0. The molecular weight excluding hydrogens is 317 g/mol. The van der Waals surface area contributed by atoms with Gasteiger partial charge in [0.2, 0.25) is 0 Å². The summed E-state index contributed by atoms with van der Waals surface area (Å²) in [5, 5.41) is 0.933. The molecule has 0 N–H and O–H groups in total. The molecule has 1 saturated heterocycles. The van der Waals surface area contributed by atoms with E-state index in [0.29, 0.717) is 48.7 Å². The largest absolute Gasteiger partial charge is 0.489 e. The molecule has 1 aliphatic rings. The average molecular weight is 334 g/mol. The summed E-state index contributed by atoms with van der Waals surface area (Å²) in [6, 6.07) is 4.80. The lowest BCUT2D eigenvalue weighted by molar-refractivity contribution is -0.153. The first-order chi connectivity index (χ1) is 10.1. The zero-order valence-electron chi connectivity index (χ0n) is 11.7. The maximum Gasteiger partial charge on any atom is 0.325 e. The third-order valence-electron chi connectivity index (χ3n) is 3.26. The number of benzene rings is 1. The number of hydrogen-bond donors (Lipinski definition) is 0. The molecule has 0 aromatic heterocycles. The fourth-order valence-corrected chi connectivity index (χ4v) is 2.65. The summed E-state index contributed by atoms with van der Waals surface area (Å²) in [4.78, 5) is 13.7. The SMILES string of the molecule is COC(=O)C1COCCN1CCOc1c(Cl)cccc1Cl. The van der Waals surface area contributed by atoms with Crippen molar-refractivity contribution in [3.63, 3.8) is 0 Å². The normalized spacial score (nSPS) is 19.3. The van der Waals surface area contributed by atoms with E-state index in [9.17, 15) is 4.79 Å². The average Bonchev–Trinajstić information content (AvgIpc) is 2.50. The van der Waals surface area contributed by atoms with Gasteiger partial charge in [-0.2, -0.15) is 0 Å². The van der Waals surface area contributed by atoms with Gasteiger partial charge in [-0.3, -0.25) is 9.69 Å². The minimum atomic E-state index is -0.394. The maximum atomic E-state index is 11.7. The van der Waals surface area contributed by atoms with E-state index in [2.05, 4.69) is 0 Å². The molecule has 0 radical (unpaired) electrons. The molecule has 5 nitrogen and oxygen atoms in total. The van der Waals surface area contributed by atoms with Crippen LogP contribution in [0.3, 0.4) is 0 Å². The fourth-order valence-electron chi connectivity index (χ4n) is 2.14. The van der Waals surface area contributed by atoms with Crippen LogP contribution in [0.4, 0.5) is 0 Å². The van der Waals surface area contributed by atoms with Gasteiger partial charge in [0, 0.05) is 13.1 Å². The molecular formula is C14H17Cl2NO4. The molecule has 116 valence electrons. The van der Waals surface area contributed by atoms with Crippen LogP contribution in [0.1, 0.15) is 0 Å². The van der Waals surface area contributed by atoms with E-state index in [0.717, 1.165) is 0 Å². The summed E-state index contributed by atoms with van der Waals surface area (Å²) >= 11 is 12.1. The molecule has 1 atom stereocenters. The minimum Gasteiger partial charge on any atom is -0.489 e. The highest BCUT2D eigenvalue weighted by atomic mass is 35.5. The van der Waals surface area contributed by atoms with Crippen molar-refractivity contribution in [1.82, 2.24) is 4.90 Å².